The molecule has 0 radical (unpaired) electrons. The van der Waals surface area contributed by atoms with Crippen LogP contribution in [0.2, 0.25) is 0 Å². The molecule has 0 unspecified atom stereocenters. The van der Waals surface area contributed by atoms with Crippen molar-refractivity contribution in [3.05, 3.63) is 69.6 Å². The van der Waals surface area contributed by atoms with Crippen molar-refractivity contribution in [1.82, 2.24) is 4.98 Å². The van der Waals surface area contributed by atoms with Gasteiger partial charge in [0.25, 0.3) is 5.91 Å². The van der Waals surface area contributed by atoms with Gasteiger partial charge < -0.3 is 10.4 Å². The molecule has 1 aromatic heterocycles. The molecule has 0 atom stereocenters. The van der Waals surface area contributed by atoms with Gasteiger partial charge >= 0.3 is 0 Å². The lowest BCUT2D eigenvalue weighted by Crippen LogP contribution is -2.23. The molecule has 8 heteroatoms. The van der Waals surface area contributed by atoms with E-state index in [9.17, 15) is 18.7 Å². The van der Waals surface area contributed by atoms with Crippen LogP contribution in [0.4, 0.5) is 19.6 Å². The van der Waals surface area contributed by atoms with E-state index in [0.29, 0.717) is 21.4 Å². The molecule has 0 spiro atoms. The molecule has 25 heavy (non-hydrogen) atoms. The number of rotatable bonds is 3. The Bertz CT molecular complexity index is 1120. The van der Waals surface area contributed by atoms with Crippen LogP contribution in [-0.4, -0.2) is 16.0 Å². The number of carbonyl (C=O) groups is 1. The van der Waals surface area contributed by atoms with Crippen molar-refractivity contribution in [3.8, 4) is 5.88 Å². The highest BCUT2D eigenvalue weighted by Crippen LogP contribution is 2.35. The third-order valence-corrected chi connectivity index (χ3v) is 4.57. The topological polar surface area (TPSA) is 74.6 Å². The molecule has 2 N–H and O–H groups in total. The van der Waals surface area contributed by atoms with Crippen LogP contribution in [-0.2, 0) is 4.79 Å². The van der Waals surface area contributed by atoms with Crippen LogP contribution in [0.3, 0.4) is 0 Å². The van der Waals surface area contributed by atoms with Crippen LogP contribution in [0.1, 0.15) is 4.88 Å². The number of aromatic nitrogens is 1. The Kier molecular flexibility index (Phi) is 3.54. The summed E-state index contributed by atoms with van der Waals surface area (Å²) in [6.07, 6.45) is 0. The Hall–Kier alpha value is -3.13. The summed E-state index contributed by atoms with van der Waals surface area (Å²) in [6.45, 7) is 0. The highest BCUT2D eigenvalue weighted by atomic mass is 32.1. The standard InChI is InChI=1S/C17H9F2N3O2S/c18-8-1-4-10(5-2-8)20-17-22-16(24)14(25-17)13-11-7-9(19)3-6-12(11)21-15(13)23/h1-7,24H,(H,20,22). The van der Waals surface area contributed by atoms with Gasteiger partial charge in [-0.2, -0.15) is 4.98 Å². The minimum absolute atomic E-state index is 0.108. The Labute approximate surface area is 143 Å². The zero-order valence-corrected chi connectivity index (χ0v) is 13.3. The number of halogens is 2. The lowest BCUT2D eigenvalue weighted by molar-refractivity contribution is -0.112. The maximum atomic E-state index is 13.5. The molecule has 0 aliphatic carbocycles. The van der Waals surface area contributed by atoms with Gasteiger partial charge in [0.2, 0.25) is 5.88 Å². The molecular formula is C17H9F2N3O2S. The molecule has 2 aromatic carbocycles. The van der Waals surface area contributed by atoms with E-state index in [1.165, 1.54) is 42.5 Å². The highest BCUT2D eigenvalue weighted by molar-refractivity contribution is 7.17. The molecule has 0 fully saturated rings. The van der Waals surface area contributed by atoms with Crippen molar-refractivity contribution in [3.63, 3.8) is 0 Å². The number of aromatic hydroxyl groups is 1. The van der Waals surface area contributed by atoms with Crippen molar-refractivity contribution in [2.24, 2.45) is 4.99 Å². The second-order valence-electron chi connectivity index (χ2n) is 5.26. The van der Waals surface area contributed by atoms with Gasteiger partial charge in [-0.05, 0) is 42.5 Å². The lowest BCUT2D eigenvalue weighted by atomic mass is 10.1. The smallest absolute Gasteiger partial charge is 0.279 e. The van der Waals surface area contributed by atoms with Crippen LogP contribution >= 0.6 is 11.3 Å². The molecule has 1 aliphatic rings. The normalized spacial score (nSPS) is 12.9. The predicted molar refractivity (Wildman–Crippen MR) is 88.2 cm³/mol. The first-order valence-corrected chi connectivity index (χ1v) is 7.98. The van der Waals surface area contributed by atoms with E-state index in [4.69, 9.17) is 0 Å². The van der Waals surface area contributed by atoms with Gasteiger partial charge in [-0.1, -0.05) is 11.3 Å². The summed E-state index contributed by atoms with van der Waals surface area (Å²) in [7, 11) is 0. The fourth-order valence-corrected chi connectivity index (χ4v) is 3.42. The van der Waals surface area contributed by atoms with E-state index < -0.39 is 11.7 Å². The Balaban J connectivity index is 1.78. The number of amides is 1. The molecule has 3 aromatic rings. The van der Waals surface area contributed by atoms with Crippen molar-refractivity contribution >= 4 is 33.6 Å². The first-order chi connectivity index (χ1) is 12.0. The van der Waals surface area contributed by atoms with Crippen LogP contribution in [0, 0.1) is 11.6 Å². The second-order valence-corrected chi connectivity index (χ2v) is 6.26. The summed E-state index contributed by atoms with van der Waals surface area (Å²) in [6, 6.07) is 9.42. The van der Waals surface area contributed by atoms with E-state index in [1.54, 1.807) is 0 Å². The number of benzene rings is 2. The van der Waals surface area contributed by atoms with Crippen LogP contribution < -0.4 is 15.9 Å². The summed E-state index contributed by atoms with van der Waals surface area (Å²) < 4.78 is 26.5. The largest absolute Gasteiger partial charge is 0.492 e. The number of anilines is 2. The van der Waals surface area contributed by atoms with Crippen LogP contribution in [0.5, 0.6) is 5.88 Å². The van der Waals surface area contributed by atoms with Gasteiger partial charge in [0.15, 0.2) is 5.13 Å². The molecule has 0 saturated heterocycles. The highest BCUT2D eigenvalue weighted by Gasteiger charge is 2.25. The maximum absolute atomic E-state index is 13.5. The fourth-order valence-electron chi connectivity index (χ4n) is 2.49. The fraction of sp³-hybridized carbons (Fsp3) is 0. The molecular weight excluding hydrogens is 348 g/mol. The molecule has 5 nitrogen and oxygen atoms in total. The monoisotopic (exact) mass is 357 g/mol. The van der Waals surface area contributed by atoms with Crippen LogP contribution in [0.15, 0.2) is 47.5 Å². The third-order valence-electron chi connectivity index (χ3n) is 3.60. The zero-order chi connectivity index (χ0) is 17.6. The number of fused-ring (bicyclic) bond motifs is 1. The van der Waals surface area contributed by atoms with E-state index >= 15 is 0 Å². The summed E-state index contributed by atoms with van der Waals surface area (Å²) in [5, 5.41) is 14.0. The Morgan fingerprint density at radius 3 is 2.52 bits per heavy atom. The molecule has 1 aliphatic heterocycles. The second kappa shape index (κ2) is 5.75. The Morgan fingerprint density at radius 2 is 1.76 bits per heavy atom. The number of thiazole rings is 1. The predicted octanol–water partition coefficient (Wildman–Crippen LogP) is 2.23. The minimum Gasteiger partial charge on any atom is -0.492 e. The SMILES string of the molecule is O=C1N=c2ccc(F)cc2=C1c1sc(Nc2ccc(F)cc2)nc1O. The van der Waals surface area contributed by atoms with Gasteiger partial charge in [0.1, 0.15) is 16.5 Å². The zero-order valence-electron chi connectivity index (χ0n) is 12.5. The van der Waals surface area contributed by atoms with Gasteiger partial charge in [-0.15, -0.1) is 0 Å². The average molecular weight is 357 g/mol. The molecule has 124 valence electrons. The van der Waals surface area contributed by atoms with Crippen molar-refractivity contribution < 1.29 is 18.7 Å². The number of nitrogens with one attached hydrogen (secondary N) is 1. The maximum Gasteiger partial charge on any atom is 0.279 e. The number of nitrogens with zero attached hydrogens (tertiary/aromatic N) is 2. The van der Waals surface area contributed by atoms with E-state index in [0.717, 1.165) is 11.3 Å². The van der Waals surface area contributed by atoms with Gasteiger partial charge in [-0.3, -0.25) is 4.79 Å². The number of hydrogen-bond acceptors (Lipinski definition) is 5. The van der Waals surface area contributed by atoms with Crippen molar-refractivity contribution in [1.29, 1.82) is 0 Å². The van der Waals surface area contributed by atoms with E-state index in [1.807, 2.05) is 0 Å². The first kappa shape index (κ1) is 15.4. The van der Waals surface area contributed by atoms with E-state index in [2.05, 4.69) is 15.3 Å². The summed E-state index contributed by atoms with van der Waals surface area (Å²) in [5.41, 5.74) is 0.678. The first-order valence-electron chi connectivity index (χ1n) is 7.17. The minimum atomic E-state index is -0.562. The third kappa shape index (κ3) is 2.76. The molecule has 0 saturated carbocycles. The van der Waals surface area contributed by atoms with Crippen LogP contribution in [0.25, 0.3) is 5.57 Å². The van der Waals surface area contributed by atoms with Crippen molar-refractivity contribution in [2.45, 2.75) is 0 Å². The van der Waals surface area contributed by atoms with Gasteiger partial charge in [-0.25, -0.2) is 13.8 Å². The molecule has 2 heterocycles. The molecule has 1 amide bonds. The number of carbonyl (C=O) groups excluding carboxylic acids is 1. The van der Waals surface area contributed by atoms with Crippen molar-refractivity contribution in [2.75, 3.05) is 5.32 Å². The van der Waals surface area contributed by atoms with Gasteiger partial charge in [0.05, 0.1) is 10.9 Å². The van der Waals surface area contributed by atoms with Gasteiger partial charge in [0, 0.05) is 10.9 Å². The van der Waals surface area contributed by atoms with E-state index in [-0.39, 0.29) is 22.1 Å². The summed E-state index contributed by atoms with van der Waals surface area (Å²) >= 11 is 1.02. The summed E-state index contributed by atoms with van der Waals surface area (Å²) in [5.74, 6) is -1.80. The number of hydrogen-bond donors (Lipinski definition) is 2. The average Bonchev–Trinajstić information content (AvgIpc) is 3.08. The quantitative estimate of drug-likeness (QED) is 0.754. The summed E-state index contributed by atoms with van der Waals surface area (Å²) in [4.78, 5) is 20.2. The molecule has 0 bridgehead atoms. The Morgan fingerprint density at radius 1 is 1.04 bits per heavy atom. The molecule has 4 rings (SSSR count). The lowest BCUT2D eigenvalue weighted by Gasteiger charge is -2.00.